The standard InChI is InChI=1S/C17H18Br2N4O3/c1-26-13-2-3-14(16(24)21-5-4-20)15(9-13)23-17(25)22-12-7-10(18)6-11(19)8-12/h2-3,6-9H,4-5,20H2,1H3,(H,21,24)(H2,22,23,25). The molecule has 0 spiro atoms. The van der Waals surface area contributed by atoms with Crippen molar-refractivity contribution in [3.8, 4) is 5.75 Å². The number of carbonyl (C=O) groups is 2. The molecule has 0 unspecified atom stereocenters. The maximum atomic E-state index is 12.3. The zero-order valence-corrected chi connectivity index (χ0v) is 17.1. The number of ether oxygens (including phenoxy) is 1. The van der Waals surface area contributed by atoms with Crippen molar-refractivity contribution in [2.45, 2.75) is 0 Å². The van der Waals surface area contributed by atoms with Gasteiger partial charge in [-0.3, -0.25) is 4.79 Å². The van der Waals surface area contributed by atoms with E-state index >= 15 is 0 Å². The van der Waals surface area contributed by atoms with Gasteiger partial charge in [0.15, 0.2) is 0 Å². The molecule has 26 heavy (non-hydrogen) atoms. The van der Waals surface area contributed by atoms with Gasteiger partial charge in [0, 0.05) is 33.8 Å². The highest BCUT2D eigenvalue weighted by Crippen LogP contribution is 2.25. The first-order valence-electron chi connectivity index (χ1n) is 7.63. The molecule has 0 saturated heterocycles. The van der Waals surface area contributed by atoms with E-state index in [0.717, 1.165) is 8.95 Å². The van der Waals surface area contributed by atoms with Crippen molar-refractivity contribution >= 4 is 55.2 Å². The average Bonchev–Trinajstić information content (AvgIpc) is 2.58. The van der Waals surface area contributed by atoms with Gasteiger partial charge in [0.25, 0.3) is 5.91 Å². The van der Waals surface area contributed by atoms with Gasteiger partial charge in [-0.05, 0) is 30.3 Å². The van der Waals surface area contributed by atoms with Crippen molar-refractivity contribution in [1.29, 1.82) is 0 Å². The predicted octanol–water partition coefficient (Wildman–Crippen LogP) is 3.55. The molecule has 0 heterocycles. The van der Waals surface area contributed by atoms with Gasteiger partial charge in [0.1, 0.15) is 5.75 Å². The van der Waals surface area contributed by atoms with Crippen LogP contribution in [-0.4, -0.2) is 32.1 Å². The highest BCUT2D eigenvalue weighted by molar-refractivity contribution is 9.11. The normalized spacial score (nSPS) is 10.2. The summed E-state index contributed by atoms with van der Waals surface area (Å²) in [5.41, 5.74) is 6.63. The molecule has 0 aliphatic rings. The Kier molecular flexibility index (Phi) is 7.43. The lowest BCUT2D eigenvalue weighted by molar-refractivity contribution is 0.0955. The lowest BCUT2D eigenvalue weighted by atomic mass is 10.1. The van der Waals surface area contributed by atoms with E-state index in [9.17, 15) is 9.59 Å². The summed E-state index contributed by atoms with van der Waals surface area (Å²) in [6.45, 7) is 0.658. The number of hydrogen-bond acceptors (Lipinski definition) is 4. The van der Waals surface area contributed by atoms with Crippen molar-refractivity contribution < 1.29 is 14.3 Å². The monoisotopic (exact) mass is 484 g/mol. The second-order valence-corrected chi connectivity index (χ2v) is 7.02. The number of anilines is 2. The van der Waals surface area contributed by atoms with E-state index in [4.69, 9.17) is 10.5 Å². The Balaban J connectivity index is 2.20. The van der Waals surface area contributed by atoms with E-state index in [-0.39, 0.29) is 5.91 Å². The van der Waals surface area contributed by atoms with Gasteiger partial charge in [0.2, 0.25) is 0 Å². The lowest BCUT2D eigenvalue weighted by Crippen LogP contribution is -2.30. The molecule has 3 amide bonds. The van der Waals surface area contributed by atoms with Crippen LogP contribution in [0.5, 0.6) is 5.75 Å². The Morgan fingerprint density at radius 2 is 1.77 bits per heavy atom. The van der Waals surface area contributed by atoms with E-state index in [2.05, 4.69) is 47.8 Å². The van der Waals surface area contributed by atoms with Gasteiger partial charge in [-0.2, -0.15) is 0 Å². The van der Waals surface area contributed by atoms with Crippen LogP contribution < -0.4 is 26.4 Å². The van der Waals surface area contributed by atoms with Gasteiger partial charge in [-0.15, -0.1) is 0 Å². The fraction of sp³-hybridized carbons (Fsp3) is 0.176. The summed E-state index contributed by atoms with van der Waals surface area (Å²) in [5, 5.41) is 8.07. The maximum Gasteiger partial charge on any atom is 0.323 e. The second-order valence-electron chi connectivity index (χ2n) is 5.19. The quantitative estimate of drug-likeness (QED) is 0.502. The van der Waals surface area contributed by atoms with E-state index in [0.29, 0.717) is 35.8 Å². The van der Waals surface area contributed by atoms with Crippen molar-refractivity contribution in [3.05, 3.63) is 50.9 Å². The van der Waals surface area contributed by atoms with E-state index < -0.39 is 6.03 Å². The summed E-state index contributed by atoms with van der Waals surface area (Å²) in [4.78, 5) is 24.6. The van der Waals surface area contributed by atoms with E-state index in [1.165, 1.54) is 7.11 Å². The molecule has 5 N–H and O–H groups in total. The molecule has 0 atom stereocenters. The summed E-state index contributed by atoms with van der Waals surface area (Å²) in [7, 11) is 1.51. The molecule has 0 saturated carbocycles. The number of hydrogen-bond donors (Lipinski definition) is 4. The second kappa shape index (κ2) is 9.56. The Bertz CT molecular complexity index is 794. The summed E-state index contributed by atoms with van der Waals surface area (Å²) in [5.74, 6) is 0.180. The third-order valence-corrected chi connectivity index (χ3v) is 4.19. The lowest BCUT2D eigenvalue weighted by Gasteiger charge is -2.14. The number of halogens is 2. The number of nitrogens with two attached hydrogens (primary N) is 1. The zero-order valence-electron chi connectivity index (χ0n) is 13.9. The van der Waals surface area contributed by atoms with Crippen LogP contribution in [-0.2, 0) is 0 Å². The molecule has 0 bridgehead atoms. The first kappa shape index (κ1) is 20.2. The van der Waals surface area contributed by atoms with Crippen molar-refractivity contribution in [3.63, 3.8) is 0 Å². The minimum absolute atomic E-state index is 0.310. The van der Waals surface area contributed by atoms with Crippen LogP contribution in [0.4, 0.5) is 16.2 Å². The number of urea groups is 1. The van der Waals surface area contributed by atoms with Crippen molar-refractivity contribution in [2.75, 3.05) is 30.8 Å². The van der Waals surface area contributed by atoms with Gasteiger partial charge in [-0.25, -0.2) is 4.79 Å². The number of methoxy groups -OCH3 is 1. The van der Waals surface area contributed by atoms with Crippen molar-refractivity contribution in [2.24, 2.45) is 5.73 Å². The van der Waals surface area contributed by atoms with Crippen LogP contribution in [0.1, 0.15) is 10.4 Å². The highest BCUT2D eigenvalue weighted by atomic mass is 79.9. The molecule has 0 aromatic heterocycles. The average molecular weight is 486 g/mol. The SMILES string of the molecule is COc1ccc(C(=O)NCCN)c(NC(=O)Nc2cc(Br)cc(Br)c2)c1. The smallest absolute Gasteiger partial charge is 0.323 e. The number of benzene rings is 2. The first-order valence-corrected chi connectivity index (χ1v) is 9.22. The minimum Gasteiger partial charge on any atom is -0.497 e. The van der Waals surface area contributed by atoms with Gasteiger partial charge >= 0.3 is 6.03 Å². The largest absolute Gasteiger partial charge is 0.497 e. The molecule has 2 aromatic carbocycles. The summed E-state index contributed by atoms with van der Waals surface area (Å²) in [6, 6.07) is 9.67. The predicted molar refractivity (Wildman–Crippen MR) is 109 cm³/mol. The number of amides is 3. The molecule has 9 heteroatoms. The van der Waals surface area contributed by atoms with E-state index in [1.807, 2.05) is 6.07 Å². The summed E-state index contributed by atoms with van der Waals surface area (Å²) >= 11 is 6.72. The summed E-state index contributed by atoms with van der Waals surface area (Å²) in [6.07, 6.45) is 0. The first-order chi connectivity index (χ1) is 12.4. The molecule has 2 rings (SSSR count). The molecular formula is C17H18Br2N4O3. The molecule has 2 aromatic rings. The topological polar surface area (TPSA) is 105 Å². The molecule has 138 valence electrons. The van der Waals surface area contributed by atoms with Crippen LogP contribution >= 0.6 is 31.9 Å². The van der Waals surface area contributed by atoms with Crippen LogP contribution in [0.25, 0.3) is 0 Å². The molecular weight excluding hydrogens is 468 g/mol. The van der Waals surface area contributed by atoms with Gasteiger partial charge in [-0.1, -0.05) is 31.9 Å². The molecule has 7 nitrogen and oxygen atoms in total. The fourth-order valence-corrected chi connectivity index (χ4v) is 3.44. The van der Waals surface area contributed by atoms with Crippen molar-refractivity contribution in [1.82, 2.24) is 5.32 Å². The molecule has 0 radical (unpaired) electrons. The molecule has 0 aliphatic heterocycles. The van der Waals surface area contributed by atoms with Crippen LogP contribution in [0.15, 0.2) is 45.3 Å². The molecule has 0 aliphatic carbocycles. The third-order valence-electron chi connectivity index (χ3n) is 3.27. The number of rotatable bonds is 6. The third kappa shape index (κ3) is 5.72. The Morgan fingerprint density at radius 1 is 1.08 bits per heavy atom. The summed E-state index contributed by atoms with van der Waals surface area (Å²) < 4.78 is 6.79. The minimum atomic E-state index is -0.490. The number of nitrogens with one attached hydrogen (secondary N) is 3. The molecule has 0 fully saturated rings. The van der Waals surface area contributed by atoms with Crippen LogP contribution in [0, 0.1) is 0 Å². The van der Waals surface area contributed by atoms with E-state index in [1.54, 1.807) is 30.3 Å². The highest BCUT2D eigenvalue weighted by Gasteiger charge is 2.15. The van der Waals surface area contributed by atoms with Crippen LogP contribution in [0.3, 0.4) is 0 Å². The van der Waals surface area contributed by atoms with Gasteiger partial charge < -0.3 is 26.4 Å². The zero-order chi connectivity index (χ0) is 19.1. The fourth-order valence-electron chi connectivity index (χ4n) is 2.14. The Hall–Kier alpha value is -2.10. The Morgan fingerprint density at radius 3 is 2.38 bits per heavy atom. The van der Waals surface area contributed by atoms with Crippen LogP contribution in [0.2, 0.25) is 0 Å². The maximum absolute atomic E-state index is 12.3. The Labute approximate surface area is 167 Å². The van der Waals surface area contributed by atoms with Gasteiger partial charge in [0.05, 0.1) is 18.4 Å². The number of carbonyl (C=O) groups excluding carboxylic acids is 2.